The number of carbonyl (C=O) groups is 1. The van der Waals surface area contributed by atoms with Crippen LogP contribution in [0, 0.1) is 12.8 Å². The molecule has 1 fully saturated rings. The zero-order valence-electron chi connectivity index (χ0n) is 18.5. The maximum atomic E-state index is 13.8. The smallest absolute Gasteiger partial charge is 0.335 e. The van der Waals surface area contributed by atoms with Gasteiger partial charge >= 0.3 is 6.18 Å². The van der Waals surface area contributed by atoms with Crippen molar-refractivity contribution in [3.05, 3.63) is 63.7 Å². The molecule has 1 aliphatic heterocycles. The fourth-order valence-corrected chi connectivity index (χ4v) is 5.14. The molecule has 174 valence electrons. The number of hydrogen-bond donors (Lipinski definition) is 0. The molecule has 0 saturated carbocycles. The van der Waals surface area contributed by atoms with Crippen LogP contribution >= 0.6 is 11.3 Å². The van der Waals surface area contributed by atoms with Crippen LogP contribution in [0.1, 0.15) is 52.1 Å². The molecular weight excluding hydrogens is 449 g/mol. The van der Waals surface area contributed by atoms with Gasteiger partial charge in [0.1, 0.15) is 5.01 Å². The summed E-state index contributed by atoms with van der Waals surface area (Å²) < 4.78 is 38.6. The topological polar surface area (TPSA) is 59.0 Å². The van der Waals surface area contributed by atoms with E-state index < -0.39 is 11.2 Å². The number of amides is 1. The predicted molar refractivity (Wildman–Crippen MR) is 121 cm³/mol. The van der Waals surface area contributed by atoms with E-state index in [1.165, 1.54) is 0 Å². The van der Waals surface area contributed by atoms with Crippen molar-refractivity contribution in [3.63, 3.8) is 0 Å². The minimum absolute atomic E-state index is 0.0656. The molecule has 33 heavy (non-hydrogen) atoms. The summed E-state index contributed by atoms with van der Waals surface area (Å²) in [6, 6.07) is 11.3. The van der Waals surface area contributed by atoms with Crippen molar-refractivity contribution < 1.29 is 18.0 Å². The largest absolute Gasteiger partial charge is 0.445 e. The van der Waals surface area contributed by atoms with Gasteiger partial charge in [-0.15, -0.1) is 10.2 Å². The first-order valence-corrected chi connectivity index (χ1v) is 11.8. The number of aryl methyl sites for hydroxylation is 2. The lowest BCUT2D eigenvalue weighted by Crippen LogP contribution is -2.48. The number of alkyl halides is 3. The molecule has 1 aliphatic rings. The van der Waals surface area contributed by atoms with Crippen LogP contribution in [-0.2, 0) is 12.6 Å². The monoisotopic (exact) mass is 474 g/mol. The molecule has 0 aliphatic carbocycles. The van der Waals surface area contributed by atoms with E-state index in [1.807, 2.05) is 48.2 Å². The quantitative estimate of drug-likeness (QED) is 0.469. The average Bonchev–Trinajstić information content (AvgIpc) is 3.28. The molecule has 9 heteroatoms. The summed E-state index contributed by atoms with van der Waals surface area (Å²) in [5.74, 6) is 0.171. The van der Waals surface area contributed by atoms with E-state index in [1.54, 1.807) is 6.20 Å². The van der Waals surface area contributed by atoms with Crippen LogP contribution in [0.15, 0.2) is 42.6 Å². The van der Waals surface area contributed by atoms with Gasteiger partial charge in [0, 0.05) is 36.3 Å². The fourth-order valence-electron chi connectivity index (χ4n) is 4.42. The van der Waals surface area contributed by atoms with E-state index in [0.717, 1.165) is 29.7 Å². The van der Waals surface area contributed by atoms with Gasteiger partial charge in [0.2, 0.25) is 5.01 Å². The minimum atomic E-state index is -4.48. The van der Waals surface area contributed by atoms with Crippen LogP contribution in [0.2, 0.25) is 0 Å². The van der Waals surface area contributed by atoms with Crippen LogP contribution < -0.4 is 0 Å². The number of piperidine rings is 1. The predicted octanol–water partition coefficient (Wildman–Crippen LogP) is 5.80. The third-order valence-electron chi connectivity index (χ3n) is 6.09. The molecule has 0 spiro atoms. The third-order valence-corrected chi connectivity index (χ3v) is 7.11. The van der Waals surface area contributed by atoms with E-state index in [-0.39, 0.29) is 17.9 Å². The summed E-state index contributed by atoms with van der Waals surface area (Å²) in [7, 11) is 0. The van der Waals surface area contributed by atoms with Crippen LogP contribution in [0.5, 0.6) is 0 Å². The SMILES string of the molecule is Cc1ccc(-c2ccccn2)c(C(=O)N2CCC[C@@H](C)[C@H]2CCc2nnc(C(F)(F)F)s2)c1. The Morgan fingerprint density at radius 3 is 2.73 bits per heavy atom. The minimum Gasteiger partial charge on any atom is -0.335 e. The molecule has 3 heterocycles. The molecular formula is C24H25F3N4OS. The number of pyridine rings is 1. The van der Waals surface area contributed by atoms with Crippen molar-refractivity contribution in [1.29, 1.82) is 0 Å². The Labute approximate surface area is 194 Å². The molecule has 1 aromatic carbocycles. The first kappa shape index (κ1) is 23.4. The van der Waals surface area contributed by atoms with Gasteiger partial charge in [0.05, 0.1) is 5.69 Å². The van der Waals surface area contributed by atoms with Crippen molar-refractivity contribution in [2.75, 3.05) is 6.54 Å². The number of rotatable bonds is 5. The van der Waals surface area contributed by atoms with Crippen LogP contribution in [0.4, 0.5) is 13.2 Å². The van der Waals surface area contributed by atoms with E-state index in [9.17, 15) is 18.0 Å². The highest BCUT2D eigenvalue weighted by atomic mass is 32.1. The number of benzene rings is 1. The van der Waals surface area contributed by atoms with Crippen LogP contribution in [0.3, 0.4) is 0 Å². The highest BCUT2D eigenvalue weighted by Crippen LogP contribution is 2.34. The lowest BCUT2D eigenvalue weighted by atomic mass is 9.87. The number of aromatic nitrogens is 3. The Morgan fingerprint density at radius 2 is 2.03 bits per heavy atom. The molecule has 0 N–H and O–H groups in total. The summed E-state index contributed by atoms with van der Waals surface area (Å²) >= 11 is 0.578. The van der Waals surface area contributed by atoms with Crippen molar-refractivity contribution in [2.45, 2.75) is 51.7 Å². The lowest BCUT2D eigenvalue weighted by molar-refractivity contribution is -0.138. The number of hydrogen-bond acceptors (Lipinski definition) is 5. The van der Waals surface area contributed by atoms with E-state index in [4.69, 9.17) is 0 Å². The third kappa shape index (κ3) is 5.24. The number of halogens is 3. The van der Waals surface area contributed by atoms with Crippen LogP contribution in [0.25, 0.3) is 11.3 Å². The first-order valence-electron chi connectivity index (χ1n) is 11.0. The molecule has 2 atom stereocenters. The summed E-state index contributed by atoms with van der Waals surface area (Å²) in [5, 5.41) is 6.42. The number of likely N-dealkylation sites (tertiary alicyclic amines) is 1. The van der Waals surface area contributed by atoms with Gasteiger partial charge < -0.3 is 4.90 Å². The van der Waals surface area contributed by atoms with Gasteiger partial charge in [-0.3, -0.25) is 9.78 Å². The van der Waals surface area contributed by atoms with Crippen molar-refractivity contribution in [2.24, 2.45) is 5.92 Å². The molecule has 2 aromatic heterocycles. The molecule has 1 amide bonds. The second-order valence-electron chi connectivity index (χ2n) is 8.49. The van der Waals surface area contributed by atoms with Gasteiger partial charge in [0.25, 0.3) is 5.91 Å². The summed E-state index contributed by atoms with van der Waals surface area (Å²) in [4.78, 5) is 20.1. The zero-order chi connectivity index (χ0) is 23.6. The van der Waals surface area contributed by atoms with Gasteiger partial charge in [-0.05, 0) is 50.3 Å². The van der Waals surface area contributed by atoms with Crippen molar-refractivity contribution in [1.82, 2.24) is 20.1 Å². The summed E-state index contributed by atoms with van der Waals surface area (Å²) in [5.41, 5.74) is 3.09. The maximum absolute atomic E-state index is 13.8. The molecule has 5 nitrogen and oxygen atoms in total. The molecule has 1 saturated heterocycles. The lowest BCUT2D eigenvalue weighted by Gasteiger charge is -2.40. The number of nitrogens with zero attached hydrogens (tertiary/aromatic N) is 4. The average molecular weight is 475 g/mol. The van der Waals surface area contributed by atoms with Crippen molar-refractivity contribution in [3.8, 4) is 11.3 Å². The molecule has 3 aromatic rings. The standard InChI is InChI=1S/C24H25F3N4OS/c1-15-8-9-17(19-7-3-4-12-28-19)18(14-15)22(32)31-13-5-6-16(2)20(31)10-11-21-29-30-23(33-21)24(25,26)27/h3-4,7-9,12,14,16,20H,5-6,10-11,13H2,1-2H3/t16-,20-/m1/s1. The molecule has 0 bridgehead atoms. The Bertz CT molecular complexity index is 1120. The normalized spacial score (nSPS) is 19.0. The Balaban J connectivity index is 1.58. The summed E-state index contributed by atoms with van der Waals surface area (Å²) in [6.07, 6.45) is -0.0163. The Morgan fingerprint density at radius 1 is 1.21 bits per heavy atom. The van der Waals surface area contributed by atoms with Gasteiger partial charge in [-0.2, -0.15) is 13.2 Å². The second-order valence-corrected chi connectivity index (χ2v) is 9.55. The van der Waals surface area contributed by atoms with E-state index in [0.29, 0.717) is 41.3 Å². The maximum Gasteiger partial charge on any atom is 0.445 e. The highest BCUT2D eigenvalue weighted by Gasteiger charge is 2.36. The molecule has 4 rings (SSSR count). The Hall–Kier alpha value is -2.81. The van der Waals surface area contributed by atoms with Gasteiger partial charge in [-0.1, -0.05) is 42.0 Å². The van der Waals surface area contributed by atoms with Gasteiger partial charge in [-0.25, -0.2) is 0 Å². The highest BCUT2D eigenvalue weighted by molar-refractivity contribution is 7.11. The number of carbonyl (C=O) groups excluding carboxylic acids is 1. The zero-order valence-corrected chi connectivity index (χ0v) is 19.3. The van der Waals surface area contributed by atoms with E-state index >= 15 is 0 Å². The molecule has 0 radical (unpaired) electrons. The first-order chi connectivity index (χ1) is 15.7. The Kier molecular flexibility index (Phi) is 6.78. The fraction of sp³-hybridized carbons (Fsp3) is 0.417. The molecule has 0 unspecified atom stereocenters. The summed E-state index contributed by atoms with van der Waals surface area (Å²) in [6.45, 7) is 4.66. The second kappa shape index (κ2) is 9.59. The van der Waals surface area contributed by atoms with Crippen LogP contribution in [-0.4, -0.2) is 38.6 Å². The van der Waals surface area contributed by atoms with Crippen molar-refractivity contribution >= 4 is 17.2 Å². The van der Waals surface area contributed by atoms with Gasteiger partial charge in [0.15, 0.2) is 0 Å². The van der Waals surface area contributed by atoms with E-state index in [2.05, 4.69) is 22.1 Å².